The monoisotopic (exact) mass is 484 g/mol. The lowest BCUT2D eigenvalue weighted by Gasteiger charge is -2.21. The molecule has 0 aliphatic carbocycles. The number of hydrogen-bond donors (Lipinski definition) is 4. The van der Waals surface area contributed by atoms with E-state index < -0.39 is 21.6 Å². The first-order valence-electron chi connectivity index (χ1n) is 8.78. The summed E-state index contributed by atoms with van der Waals surface area (Å²) in [6, 6.07) is 5.15. The van der Waals surface area contributed by atoms with Gasteiger partial charge in [0.05, 0.1) is 16.6 Å². The first-order chi connectivity index (χ1) is 13.5. The quantitative estimate of drug-likeness (QED) is 0.417. The Kier molecular flexibility index (Phi) is 7.55. The van der Waals surface area contributed by atoms with Gasteiger partial charge in [-0.3, -0.25) is 4.79 Å². The first-order valence-corrected chi connectivity index (χ1v) is 12.0. The lowest BCUT2D eigenvalue weighted by atomic mass is 10.1. The molecule has 11 heteroatoms. The lowest BCUT2D eigenvalue weighted by molar-refractivity contribution is 0.177. The van der Waals surface area contributed by atoms with E-state index in [1.807, 2.05) is 19.9 Å². The number of nitrogens with one attached hydrogen (secondary N) is 3. The van der Waals surface area contributed by atoms with E-state index in [0.717, 1.165) is 5.56 Å². The molecule has 2 atom stereocenters. The van der Waals surface area contributed by atoms with Gasteiger partial charge in [-0.05, 0) is 81.7 Å². The molecular weight excluding hydrogens is 460 g/mol. The standard InChI is InChI=1S/C18H25BrN6O3S/c1-10-14(7-6-8-15(10)23-18(27)29(4,5)25-28)22-17-20-9-13(19)16(24-17)21-11(2)12(3)26/h6-9,11-12,26H,1-5H3,(H,23,27)(H2,20,21,22,24)/t11-,12-/m1/s1. The van der Waals surface area contributed by atoms with Gasteiger partial charge in [0.25, 0.3) is 5.24 Å². The average molecular weight is 485 g/mol. The van der Waals surface area contributed by atoms with Gasteiger partial charge in [-0.1, -0.05) is 6.07 Å². The molecule has 0 aliphatic rings. The Morgan fingerprint density at radius 1 is 1.28 bits per heavy atom. The Morgan fingerprint density at radius 2 is 1.93 bits per heavy atom. The zero-order valence-electron chi connectivity index (χ0n) is 16.9. The van der Waals surface area contributed by atoms with E-state index >= 15 is 0 Å². The fourth-order valence-electron chi connectivity index (χ4n) is 2.16. The molecule has 2 aromatic rings. The number of anilines is 4. The Bertz CT molecular complexity index is 909. The van der Waals surface area contributed by atoms with Gasteiger partial charge < -0.3 is 21.1 Å². The van der Waals surface area contributed by atoms with Crippen molar-refractivity contribution in [2.24, 2.45) is 4.58 Å². The van der Waals surface area contributed by atoms with Crippen LogP contribution in [0.2, 0.25) is 0 Å². The van der Waals surface area contributed by atoms with Crippen LogP contribution in [-0.2, 0) is 0 Å². The molecule has 0 fully saturated rings. The second-order valence-electron chi connectivity index (χ2n) is 6.93. The molecule has 1 amide bonds. The summed E-state index contributed by atoms with van der Waals surface area (Å²) in [6.07, 6.45) is 4.12. The smallest absolute Gasteiger partial charge is 0.287 e. The Hall–Kier alpha value is -2.24. The molecule has 0 radical (unpaired) electrons. The highest BCUT2D eigenvalue weighted by Crippen LogP contribution is 2.43. The Morgan fingerprint density at radius 3 is 2.55 bits per heavy atom. The van der Waals surface area contributed by atoms with Crippen LogP contribution >= 0.6 is 26.1 Å². The fourth-order valence-corrected chi connectivity index (χ4v) is 2.89. The molecule has 4 N–H and O–H groups in total. The summed E-state index contributed by atoms with van der Waals surface area (Å²) in [5, 5.41) is 18.3. The van der Waals surface area contributed by atoms with E-state index in [2.05, 4.69) is 46.4 Å². The van der Waals surface area contributed by atoms with Gasteiger partial charge in [0.15, 0.2) is 0 Å². The number of nitrogens with zero attached hydrogens (tertiary/aromatic N) is 3. The van der Waals surface area contributed by atoms with Gasteiger partial charge >= 0.3 is 0 Å². The molecule has 29 heavy (non-hydrogen) atoms. The van der Waals surface area contributed by atoms with Gasteiger partial charge in [0.2, 0.25) is 5.95 Å². The van der Waals surface area contributed by atoms with Crippen molar-refractivity contribution in [1.82, 2.24) is 9.97 Å². The number of carbonyl (C=O) groups is 1. The number of benzene rings is 1. The third kappa shape index (κ3) is 5.87. The normalized spacial score (nSPS) is 13.9. The number of aliphatic hydroxyl groups is 1. The number of carbonyl (C=O) groups excluding carboxylic acids is 1. The Balaban J connectivity index is 2.25. The van der Waals surface area contributed by atoms with Crippen molar-refractivity contribution < 1.29 is 9.90 Å². The molecule has 0 bridgehead atoms. The van der Waals surface area contributed by atoms with E-state index in [9.17, 15) is 14.8 Å². The van der Waals surface area contributed by atoms with Gasteiger partial charge in [-0.15, -0.1) is 4.91 Å². The van der Waals surface area contributed by atoms with E-state index in [0.29, 0.717) is 27.6 Å². The summed E-state index contributed by atoms with van der Waals surface area (Å²) in [6.45, 7) is 5.38. The zero-order valence-corrected chi connectivity index (χ0v) is 19.3. The molecule has 0 saturated heterocycles. The molecule has 1 aromatic heterocycles. The van der Waals surface area contributed by atoms with Crippen molar-refractivity contribution in [3.63, 3.8) is 0 Å². The van der Waals surface area contributed by atoms with Crippen molar-refractivity contribution in [3.05, 3.63) is 39.3 Å². The first kappa shape index (κ1) is 23.0. The van der Waals surface area contributed by atoms with E-state index in [1.54, 1.807) is 25.3 Å². The summed E-state index contributed by atoms with van der Waals surface area (Å²) < 4.78 is 3.61. The summed E-state index contributed by atoms with van der Waals surface area (Å²) in [5.74, 6) is 0.890. The highest BCUT2D eigenvalue weighted by atomic mass is 79.9. The van der Waals surface area contributed by atoms with Crippen LogP contribution in [0, 0.1) is 11.8 Å². The van der Waals surface area contributed by atoms with Crippen LogP contribution in [-0.4, -0.2) is 45.0 Å². The summed E-state index contributed by atoms with van der Waals surface area (Å²) in [5.41, 5.74) is 2.04. The van der Waals surface area contributed by atoms with Crippen LogP contribution in [0.4, 0.5) is 27.9 Å². The number of hydrogen-bond acceptors (Lipinski definition) is 8. The second-order valence-corrected chi connectivity index (χ2v) is 10.8. The molecule has 0 spiro atoms. The van der Waals surface area contributed by atoms with Gasteiger partial charge in [-0.25, -0.2) is 4.98 Å². The van der Waals surface area contributed by atoms with Crippen LogP contribution in [0.5, 0.6) is 0 Å². The van der Waals surface area contributed by atoms with Crippen LogP contribution < -0.4 is 16.0 Å². The number of halogens is 1. The summed E-state index contributed by atoms with van der Waals surface area (Å²) >= 11 is 3.40. The van der Waals surface area contributed by atoms with Crippen molar-refractivity contribution in [1.29, 1.82) is 0 Å². The third-order valence-corrected chi connectivity index (χ3v) is 6.25. The molecule has 0 unspecified atom stereocenters. The molecule has 1 aromatic carbocycles. The maximum atomic E-state index is 12.3. The van der Waals surface area contributed by atoms with Gasteiger partial charge in [0.1, 0.15) is 5.82 Å². The number of aromatic nitrogens is 2. The average Bonchev–Trinajstić information content (AvgIpc) is 2.67. The predicted octanol–water partition coefficient (Wildman–Crippen LogP) is 4.75. The lowest BCUT2D eigenvalue weighted by Crippen LogP contribution is -2.28. The number of amides is 1. The fraction of sp³-hybridized carbons (Fsp3) is 0.389. The number of nitroso groups, excluding NO2 is 1. The summed E-state index contributed by atoms with van der Waals surface area (Å²) in [7, 11) is -2.27. The SMILES string of the molecule is Cc1c(NC(=O)S(C)(C)N=O)cccc1Nc1ncc(Br)c(N[C@H](C)[C@@H](C)O)n1. The topological polar surface area (TPSA) is 129 Å². The second kappa shape index (κ2) is 9.51. The van der Waals surface area contributed by atoms with Gasteiger partial charge in [-0.2, -0.15) is 4.98 Å². The van der Waals surface area contributed by atoms with Crippen molar-refractivity contribution in [2.75, 3.05) is 28.5 Å². The van der Waals surface area contributed by atoms with Crippen LogP contribution in [0.1, 0.15) is 19.4 Å². The van der Waals surface area contributed by atoms with E-state index in [4.69, 9.17) is 0 Å². The molecule has 1 heterocycles. The molecule has 0 aliphatic heterocycles. The molecular formula is C18H25BrN6O3S. The molecule has 2 rings (SSSR count). The third-order valence-electron chi connectivity index (χ3n) is 4.29. The van der Waals surface area contributed by atoms with Crippen LogP contribution in [0.15, 0.2) is 33.5 Å². The van der Waals surface area contributed by atoms with E-state index in [-0.39, 0.29) is 6.04 Å². The maximum Gasteiger partial charge on any atom is 0.287 e. The maximum absolute atomic E-state index is 12.3. The minimum atomic E-state index is -2.27. The molecule has 158 valence electrons. The summed E-state index contributed by atoms with van der Waals surface area (Å²) in [4.78, 5) is 31.9. The zero-order chi connectivity index (χ0) is 21.8. The van der Waals surface area contributed by atoms with Crippen molar-refractivity contribution >= 4 is 54.5 Å². The van der Waals surface area contributed by atoms with E-state index in [1.165, 1.54) is 12.5 Å². The minimum absolute atomic E-state index is 0.202. The largest absolute Gasteiger partial charge is 0.391 e. The number of rotatable bonds is 7. The molecule has 9 nitrogen and oxygen atoms in total. The van der Waals surface area contributed by atoms with Crippen molar-refractivity contribution in [2.45, 2.75) is 32.9 Å². The predicted molar refractivity (Wildman–Crippen MR) is 123 cm³/mol. The molecule has 0 saturated carbocycles. The minimum Gasteiger partial charge on any atom is -0.391 e. The number of aliphatic hydroxyl groups excluding tert-OH is 1. The highest BCUT2D eigenvalue weighted by Gasteiger charge is 2.23. The van der Waals surface area contributed by atoms with Gasteiger partial charge in [0, 0.05) is 17.6 Å². The van der Waals surface area contributed by atoms with Crippen LogP contribution in [0.3, 0.4) is 0 Å². The van der Waals surface area contributed by atoms with Crippen molar-refractivity contribution in [3.8, 4) is 0 Å². The van der Waals surface area contributed by atoms with Crippen LogP contribution in [0.25, 0.3) is 0 Å². The Labute approximate surface area is 179 Å². The highest BCUT2D eigenvalue weighted by molar-refractivity contribution is 9.10.